The molecule has 0 heterocycles. The van der Waals surface area contributed by atoms with Gasteiger partial charge in [-0.2, -0.15) is 0 Å². The van der Waals surface area contributed by atoms with Gasteiger partial charge in [-0.25, -0.2) is 0 Å². The Balaban J connectivity index is 4.09. The van der Waals surface area contributed by atoms with Crippen LogP contribution in [0.15, 0.2) is 5.16 Å². The lowest BCUT2D eigenvalue weighted by atomic mass is 10.1. The third-order valence-corrected chi connectivity index (χ3v) is 1.74. The fourth-order valence-corrected chi connectivity index (χ4v) is 0.814. The van der Waals surface area contributed by atoms with Gasteiger partial charge in [-0.3, -0.25) is 0 Å². The van der Waals surface area contributed by atoms with Crippen LogP contribution in [0.1, 0.15) is 33.6 Å². The van der Waals surface area contributed by atoms with E-state index in [0.29, 0.717) is 12.5 Å². The molecule has 0 aromatic carbocycles. The molecule has 1 N–H and O–H groups in total. The zero-order valence-corrected chi connectivity index (χ0v) is 10.3. The Labute approximate surface area is 93.3 Å². The first-order valence-electron chi connectivity index (χ1n) is 5.55. The number of hydrogen-bond donors (Lipinski definition) is 1. The fourth-order valence-electron chi connectivity index (χ4n) is 0.814. The first kappa shape index (κ1) is 14.0. The number of nitrogens with zero attached hydrogens (tertiary/aromatic N) is 1. The average Bonchev–Trinajstić information content (AvgIpc) is 2.21. The van der Waals surface area contributed by atoms with E-state index in [-0.39, 0.29) is 0 Å². The Morgan fingerprint density at radius 2 is 2.20 bits per heavy atom. The van der Waals surface area contributed by atoms with E-state index in [2.05, 4.69) is 43.1 Å². The van der Waals surface area contributed by atoms with Gasteiger partial charge >= 0.3 is 0 Å². The summed E-state index contributed by atoms with van der Waals surface area (Å²) >= 11 is 0. The summed E-state index contributed by atoms with van der Waals surface area (Å²) in [6.45, 7) is 7.64. The summed E-state index contributed by atoms with van der Waals surface area (Å²) in [6, 6.07) is 0. The molecule has 0 aliphatic carbocycles. The summed E-state index contributed by atoms with van der Waals surface area (Å²) in [5.74, 6) is 6.46. The van der Waals surface area contributed by atoms with E-state index in [4.69, 9.17) is 4.84 Å². The van der Waals surface area contributed by atoms with E-state index in [9.17, 15) is 0 Å². The number of rotatable bonds is 6. The SMILES string of the molecule is CCCC#C/C(=N\OCCNC)C(C)C. The molecule has 0 spiro atoms. The zero-order valence-electron chi connectivity index (χ0n) is 10.3. The van der Waals surface area contributed by atoms with Gasteiger partial charge in [-0.1, -0.05) is 31.8 Å². The molecule has 3 nitrogen and oxygen atoms in total. The van der Waals surface area contributed by atoms with E-state index < -0.39 is 0 Å². The fraction of sp³-hybridized carbons (Fsp3) is 0.750. The summed E-state index contributed by atoms with van der Waals surface area (Å²) in [6.07, 6.45) is 2.00. The lowest BCUT2D eigenvalue weighted by molar-refractivity contribution is 0.147. The Hall–Kier alpha value is -1.01. The Morgan fingerprint density at radius 1 is 1.47 bits per heavy atom. The molecule has 0 aliphatic heterocycles. The average molecular weight is 210 g/mol. The van der Waals surface area contributed by atoms with Crippen LogP contribution in [0.5, 0.6) is 0 Å². The molecule has 0 rings (SSSR count). The van der Waals surface area contributed by atoms with Crippen molar-refractivity contribution in [2.24, 2.45) is 11.1 Å². The monoisotopic (exact) mass is 210 g/mol. The van der Waals surface area contributed by atoms with Crippen LogP contribution in [0.25, 0.3) is 0 Å². The molecule has 0 saturated carbocycles. The first-order valence-corrected chi connectivity index (χ1v) is 5.55. The van der Waals surface area contributed by atoms with Gasteiger partial charge in [-0.15, -0.1) is 0 Å². The Kier molecular flexibility index (Phi) is 8.90. The second kappa shape index (κ2) is 9.54. The molecule has 0 amide bonds. The Morgan fingerprint density at radius 3 is 2.73 bits per heavy atom. The number of likely N-dealkylation sites (N-methyl/N-ethyl adjacent to an activating group) is 1. The van der Waals surface area contributed by atoms with Crippen molar-refractivity contribution in [2.75, 3.05) is 20.2 Å². The maximum Gasteiger partial charge on any atom is 0.132 e. The van der Waals surface area contributed by atoms with Gasteiger partial charge < -0.3 is 10.2 Å². The van der Waals surface area contributed by atoms with Crippen LogP contribution >= 0.6 is 0 Å². The second-order valence-corrected chi connectivity index (χ2v) is 3.62. The quantitative estimate of drug-likeness (QED) is 0.315. The van der Waals surface area contributed by atoms with Gasteiger partial charge in [0.2, 0.25) is 0 Å². The van der Waals surface area contributed by atoms with E-state index in [0.717, 1.165) is 25.1 Å². The standard InChI is InChI=1S/C12H22N2O/c1-5-6-7-8-12(11(2)3)14-15-10-9-13-4/h11,13H,5-6,9-10H2,1-4H3/b14-12+. The predicted octanol–water partition coefficient (Wildman–Crippen LogP) is 2.04. The van der Waals surface area contributed by atoms with E-state index in [1.54, 1.807) is 0 Å². The number of hydrogen-bond acceptors (Lipinski definition) is 3. The summed E-state index contributed by atoms with van der Waals surface area (Å²) < 4.78 is 0. The lowest BCUT2D eigenvalue weighted by Crippen LogP contribution is -2.14. The highest BCUT2D eigenvalue weighted by atomic mass is 16.6. The molecule has 0 bridgehead atoms. The number of nitrogens with one attached hydrogen (secondary N) is 1. The van der Waals surface area contributed by atoms with Crippen molar-refractivity contribution in [1.82, 2.24) is 5.32 Å². The van der Waals surface area contributed by atoms with Gasteiger partial charge in [0.05, 0.1) is 0 Å². The molecular weight excluding hydrogens is 188 g/mol. The van der Waals surface area contributed by atoms with Crippen LogP contribution in [0, 0.1) is 17.8 Å². The van der Waals surface area contributed by atoms with Crippen molar-refractivity contribution in [3.8, 4) is 11.8 Å². The van der Waals surface area contributed by atoms with Crippen molar-refractivity contribution in [2.45, 2.75) is 33.6 Å². The minimum absolute atomic E-state index is 0.323. The topological polar surface area (TPSA) is 33.6 Å². The van der Waals surface area contributed by atoms with Crippen LogP contribution in [-0.4, -0.2) is 25.9 Å². The maximum atomic E-state index is 5.15. The summed E-state index contributed by atoms with van der Waals surface area (Å²) in [5.41, 5.74) is 0.833. The maximum absolute atomic E-state index is 5.15. The Bertz CT molecular complexity index is 236. The molecule has 0 saturated heterocycles. The summed E-state index contributed by atoms with van der Waals surface area (Å²) in [4.78, 5) is 5.15. The highest BCUT2D eigenvalue weighted by Gasteiger charge is 2.01. The molecular formula is C12H22N2O. The molecule has 15 heavy (non-hydrogen) atoms. The zero-order chi connectivity index (χ0) is 11.5. The molecule has 0 atom stereocenters. The minimum atomic E-state index is 0.323. The summed E-state index contributed by atoms with van der Waals surface area (Å²) in [7, 11) is 1.89. The number of unbranched alkanes of at least 4 members (excludes halogenated alkanes) is 1. The highest BCUT2D eigenvalue weighted by molar-refractivity contribution is 6.01. The van der Waals surface area contributed by atoms with Crippen molar-refractivity contribution in [3.63, 3.8) is 0 Å². The van der Waals surface area contributed by atoms with Crippen LogP contribution in [-0.2, 0) is 4.84 Å². The molecule has 0 aliphatic rings. The second-order valence-electron chi connectivity index (χ2n) is 3.62. The van der Waals surface area contributed by atoms with Crippen molar-refractivity contribution in [1.29, 1.82) is 0 Å². The summed E-state index contributed by atoms with van der Waals surface area (Å²) in [5, 5.41) is 7.03. The minimum Gasteiger partial charge on any atom is -0.394 e. The van der Waals surface area contributed by atoms with Gasteiger partial charge in [0.1, 0.15) is 12.3 Å². The molecule has 3 heteroatoms. The molecule has 0 aromatic heterocycles. The van der Waals surface area contributed by atoms with Crippen LogP contribution < -0.4 is 5.32 Å². The predicted molar refractivity (Wildman–Crippen MR) is 64.8 cm³/mol. The molecule has 86 valence electrons. The normalized spacial score (nSPS) is 11.1. The van der Waals surface area contributed by atoms with Gasteiger partial charge in [0, 0.05) is 18.9 Å². The van der Waals surface area contributed by atoms with E-state index in [1.807, 2.05) is 7.05 Å². The van der Waals surface area contributed by atoms with Gasteiger partial charge in [0.15, 0.2) is 0 Å². The largest absolute Gasteiger partial charge is 0.394 e. The van der Waals surface area contributed by atoms with Gasteiger partial charge in [-0.05, 0) is 19.4 Å². The van der Waals surface area contributed by atoms with Gasteiger partial charge in [0.25, 0.3) is 0 Å². The molecule has 0 radical (unpaired) electrons. The molecule has 0 unspecified atom stereocenters. The molecule has 0 aromatic rings. The van der Waals surface area contributed by atoms with Crippen molar-refractivity contribution >= 4 is 5.71 Å². The van der Waals surface area contributed by atoms with E-state index in [1.165, 1.54) is 0 Å². The van der Waals surface area contributed by atoms with Crippen LogP contribution in [0.2, 0.25) is 0 Å². The highest BCUT2D eigenvalue weighted by Crippen LogP contribution is 1.97. The molecule has 0 fully saturated rings. The number of oxime groups is 1. The van der Waals surface area contributed by atoms with E-state index >= 15 is 0 Å². The third kappa shape index (κ3) is 8.02. The smallest absolute Gasteiger partial charge is 0.132 e. The third-order valence-electron chi connectivity index (χ3n) is 1.74. The first-order chi connectivity index (χ1) is 7.22. The lowest BCUT2D eigenvalue weighted by Gasteiger charge is -2.03. The van der Waals surface area contributed by atoms with Crippen LogP contribution in [0.3, 0.4) is 0 Å². The van der Waals surface area contributed by atoms with Crippen LogP contribution in [0.4, 0.5) is 0 Å². The van der Waals surface area contributed by atoms with Crippen molar-refractivity contribution < 1.29 is 4.84 Å². The van der Waals surface area contributed by atoms with Crippen molar-refractivity contribution in [3.05, 3.63) is 0 Å².